The summed E-state index contributed by atoms with van der Waals surface area (Å²) in [5.74, 6) is 0.905. The molecule has 0 saturated heterocycles. The van der Waals surface area contributed by atoms with E-state index in [9.17, 15) is 5.26 Å². The maximum absolute atomic E-state index is 9.32. The van der Waals surface area contributed by atoms with Crippen LogP contribution in [0.3, 0.4) is 0 Å². The average Bonchev–Trinajstić information content (AvgIpc) is 2.46. The molecule has 0 N–H and O–H groups in total. The lowest BCUT2D eigenvalue weighted by atomic mass is 9.84. The van der Waals surface area contributed by atoms with Gasteiger partial charge in [0.2, 0.25) is 0 Å². The van der Waals surface area contributed by atoms with Crippen molar-refractivity contribution in [1.82, 2.24) is 0 Å². The van der Waals surface area contributed by atoms with E-state index in [1.165, 1.54) is 32.1 Å². The molecular formula is C16H21BrN2. The van der Waals surface area contributed by atoms with Gasteiger partial charge in [-0.05, 0) is 59.7 Å². The van der Waals surface area contributed by atoms with E-state index in [4.69, 9.17) is 0 Å². The molecule has 1 aliphatic carbocycles. The molecule has 102 valence electrons. The average molecular weight is 321 g/mol. The van der Waals surface area contributed by atoms with Gasteiger partial charge in [0, 0.05) is 17.6 Å². The number of benzene rings is 1. The fourth-order valence-corrected chi connectivity index (χ4v) is 3.50. The van der Waals surface area contributed by atoms with E-state index < -0.39 is 0 Å². The van der Waals surface area contributed by atoms with Crippen molar-refractivity contribution in [3.8, 4) is 6.07 Å². The summed E-state index contributed by atoms with van der Waals surface area (Å²) in [5.41, 5.74) is 1.81. The van der Waals surface area contributed by atoms with E-state index in [0.717, 1.165) is 21.6 Å². The van der Waals surface area contributed by atoms with Crippen LogP contribution in [0.1, 0.15) is 44.6 Å². The SMILES string of the molecule is CCC1CCC(N(C)c2cccc(Br)c2C#N)CC1. The molecule has 1 aliphatic rings. The third-order valence-corrected chi connectivity index (χ3v) is 5.09. The quantitative estimate of drug-likeness (QED) is 0.805. The lowest BCUT2D eigenvalue weighted by molar-refractivity contribution is 0.313. The maximum Gasteiger partial charge on any atom is 0.103 e. The zero-order chi connectivity index (χ0) is 13.8. The van der Waals surface area contributed by atoms with Crippen LogP contribution in [0.4, 0.5) is 5.69 Å². The zero-order valence-electron chi connectivity index (χ0n) is 11.7. The molecule has 0 aromatic heterocycles. The summed E-state index contributed by atoms with van der Waals surface area (Å²) in [4.78, 5) is 2.30. The molecule has 1 fully saturated rings. The van der Waals surface area contributed by atoms with Crippen molar-refractivity contribution in [2.24, 2.45) is 5.92 Å². The van der Waals surface area contributed by atoms with E-state index in [0.29, 0.717) is 6.04 Å². The van der Waals surface area contributed by atoms with E-state index >= 15 is 0 Å². The highest BCUT2D eigenvalue weighted by Crippen LogP contribution is 2.34. The summed E-state index contributed by atoms with van der Waals surface area (Å²) in [7, 11) is 2.12. The van der Waals surface area contributed by atoms with Crippen LogP contribution in [0, 0.1) is 17.2 Å². The predicted molar refractivity (Wildman–Crippen MR) is 83.3 cm³/mol. The van der Waals surface area contributed by atoms with Gasteiger partial charge in [0.15, 0.2) is 0 Å². The first kappa shape index (κ1) is 14.4. The topological polar surface area (TPSA) is 27.0 Å². The smallest absolute Gasteiger partial charge is 0.103 e. The minimum atomic E-state index is 0.573. The summed E-state index contributed by atoms with van der Waals surface area (Å²) < 4.78 is 0.890. The lowest BCUT2D eigenvalue weighted by Gasteiger charge is -2.36. The molecule has 2 rings (SSSR count). The molecule has 2 nitrogen and oxygen atoms in total. The molecule has 0 aliphatic heterocycles. The highest BCUT2D eigenvalue weighted by atomic mass is 79.9. The Bertz CT molecular complexity index is 470. The Hall–Kier alpha value is -1.01. The van der Waals surface area contributed by atoms with E-state index in [2.05, 4.69) is 46.9 Å². The molecule has 1 aromatic rings. The summed E-state index contributed by atoms with van der Waals surface area (Å²) in [6.07, 6.45) is 6.43. The van der Waals surface area contributed by atoms with Crippen LogP contribution in [-0.4, -0.2) is 13.1 Å². The molecule has 0 bridgehead atoms. The number of hydrogen-bond donors (Lipinski definition) is 0. The second kappa shape index (κ2) is 6.43. The van der Waals surface area contributed by atoms with Crippen LogP contribution in [0.25, 0.3) is 0 Å². The van der Waals surface area contributed by atoms with Crippen molar-refractivity contribution in [2.75, 3.05) is 11.9 Å². The Morgan fingerprint density at radius 2 is 2.00 bits per heavy atom. The van der Waals surface area contributed by atoms with Crippen LogP contribution in [-0.2, 0) is 0 Å². The lowest BCUT2D eigenvalue weighted by Crippen LogP contribution is -2.35. The van der Waals surface area contributed by atoms with Crippen LogP contribution in [0.15, 0.2) is 22.7 Å². The summed E-state index contributed by atoms with van der Waals surface area (Å²) in [5, 5.41) is 9.32. The maximum atomic E-state index is 9.32. The Labute approximate surface area is 124 Å². The monoisotopic (exact) mass is 320 g/mol. The first-order valence-corrected chi connectivity index (χ1v) is 7.88. The van der Waals surface area contributed by atoms with Gasteiger partial charge in [0.1, 0.15) is 6.07 Å². The molecule has 1 saturated carbocycles. The van der Waals surface area contributed by atoms with Crippen molar-refractivity contribution in [3.05, 3.63) is 28.2 Å². The van der Waals surface area contributed by atoms with Gasteiger partial charge in [0.05, 0.1) is 11.3 Å². The Morgan fingerprint density at radius 1 is 1.32 bits per heavy atom. The van der Waals surface area contributed by atoms with Crippen molar-refractivity contribution >= 4 is 21.6 Å². The standard InChI is InChI=1S/C16H21BrN2/c1-3-12-7-9-13(10-8-12)19(2)16-6-4-5-15(17)14(16)11-18/h4-6,12-13H,3,7-10H2,1-2H3. The summed E-state index contributed by atoms with van der Waals surface area (Å²) in [6, 6.07) is 8.88. The molecule has 19 heavy (non-hydrogen) atoms. The van der Waals surface area contributed by atoms with Crippen LogP contribution >= 0.6 is 15.9 Å². The Kier molecular flexibility index (Phi) is 4.87. The number of rotatable bonds is 3. The normalized spacial score (nSPS) is 22.8. The molecule has 0 heterocycles. The number of nitriles is 1. The van der Waals surface area contributed by atoms with E-state index in [1.807, 2.05) is 12.1 Å². The molecule has 1 aromatic carbocycles. The first-order chi connectivity index (χ1) is 9.17. The van der Waals surface area contributed by atoms with Gasteiger partial charge in [-0.1, -0.05) is 19.4 Å². The van der Waals surface area contributed by atoms with Crippen molar-refractivity contribution in [2.45, 2.75) is 45.1 Å². The van der Waals surface area contributed by atoms with E-state index in [1.54, 1.807) is 0 Å². The van der Waals surface area contributed by atoms with Gasteiger partial charge in [-0.25, -0.2) is 0 Å². The Morgan fingerprint density at radius 3 is 2.58 bits per heavy atom. The van der Waals surface area contributed by atoms with Gasteiger partial charge < -0.3 is 4.90 Å². The highest BCUT2D eigenvalue weighted by molar-refractivity contribution is 9.10. The third kappa shape index (κ3) is 3.12. The number of hydrogen-bond acceptors (Lipinski definition) is 2. The summed E-state index contributed by atoms with van der Waals surface area (Å²) in [6.45, 7) is 2.29. The molecule has 0 unspecified atom stereocenters. The number of halogens is 1. The number of anilines is 1. The molecule has 0 amide bonds. The summed E-state index contributed by atoms with van der Waals surface area (Å²) >= 11 is 3.47. The van der Waals surface area contributed by atoms with Crippen molar-refractivity contribution < 1.29 is 0 Å². The highest BCUT2D eigenvalue weighted by Gasteiger charge is 2.24. The second-order valence-corrected chi connectivity index (χ2v) is 6.29. The first-order valence-electron chi connectivity index (χ1n) is 7.08. The number of nitrogens with zero attached hydrogens (tertiary/aromatic N) is 2. The second-order valence-electron chi connectivity index (χ2n) is 5.44. The van der Waals surface area contributed by atoms with Gasteiger partial charge in [-0.3, -0.25) is 0 Å². The minimum absolute atomic E-state index is 0.573. The van der Waals surface area contributed by atoms with Gasteiger partial charge in [-0.2, -0.15) is 5.26 Å². The molecule has 0 atom stereocenters. The van der Waals surface area contributed by atoms with Gasteiger partial charge in [0.25, 0.3) is 0 Å². The van der Waals surface area contributed by atoms with Crippen LogP contribution in [0.2, 0.25) is 0 Å². The fourth-order valence-electron chi connectivity index (χ4n) is 3.05. The molecule has 0 radical (unpaired) electrons. The predicted octanol–water partition coefficient (Wildman–Crippen LogP) is 4.73. The van der Waals surface area contributed by atoms with Gasteiger partial charge >= 0.3 is 0 Å². The minimum Gasteiger partial charge on any atom is -0.371 e. The van der Waals surface area contributed by atoms with Crippen molar-refractivity contribution in [3.63, 3.8) is 0 Å². The largest absolute Gasteiger partial charge is 0.371 e. The third-order valence-electron chi connectivity index (χ3n) is 4.42. The van der Waals surface area contributed by atoms with Gasteiger partial charge in [-0.15, -0.1) is 0 Å². The zero-order valence-corrected chi connectivity index (χ0v) is 13.3. The molecular weight excluding hydrogens is 300 g/mol. The van der Waals surface area contributed by atoms with E-state index in [-0.39, 0.29) is 0 Å². The van der Waals surface area contributed by atoms with Crippen LogP contribution in [0.5, 0.6) is 0 Å². The van der Waals surface area contributed by atoms with Crippen LogP contribution < -0.4 is 4.90 Å². The molecule has 0 spiro atoms. The molecule has 3 heteroatoms. The Balaban J connectivity index is 2.15. The fraction of sp³-hybridized carbons (Fsp3) is 0.562. The van der Waals surface area contributed by atoms with Crippen molar-refractivity contribution in [1.29, 1.82) is 5.26 Å².